The monoisotopic (exact) mass is 495 g/mol. The lowest BCUT2D eigenvalue weighted by Crippen LogP contribution is -2.44. The van der Waals surface area contributed by atoms with Crippen LogP contribution in [0.1, 0.15) is 17.7 Å². The van der Waals surface area contributed by atoms with Crippen LogP contribution < -0.4 is 20.3 Å². The third-order valence-electron chi connectivity index (χ3n) is 4.60. The Morgan fingerprint density at radius 3 is 2.89 bits per heavy atom. The number of nitrogens with one attached hydrogen (secondary N) is 2. The molecule has 0 spiro atoms. The Balaban J connectivity index is 0.00000280. The fourth-order valence-electron chi connectivity index (χ4n) is 3.09. The summed E-state index contributed by atoms with van der Waals surface area (Å²) >= 11 is 0. The summed E-state index contributed by atoms with van der Waals surface area (Å²) < 4.78 is 5.25. The topological polar surface area (TPSA) is 78.8 Å². The highest BCUT2D eigenvalue weighted by Gasteiger charge is 2.31. The zero-order valence-electron chi connectivity index (χ0n) is 16.3. The van der Waals surface area contributed by atoms with Gasteiger partial charge in [-0.2, -0.15) is 0 Å². The Bertz CT molecular complexity index is 843. The molecular weight excluding hydrogens is 469 g/mol. The van der Waals surface area contributed by atoms with E-state index in [0.717, 1.165) is 22.7 Å². The van der Waals surface area contributed by atoms with E-state index in [1.54, 1.807) is 25.3 Å². The Kier molecular flexibility index (Phi) is 8.04. The van der Waals surface area contributed by atoms with Crippen molar-refractivity contribution < 1.29 is 9.53 Å². The average molecular weight is 495 g/mol. The second-order valence-corrected chi connectivity index (χ2v) is 6.44. The Labute approximate surface area is 182 Å². The number of methoxy groups -OCH3 is 1. The molecule has 150 valence electrons. The van der Waals surface area contributed by atoms with Gasteiger partial charge < -0.3 is 20.3 Å². The molecule has 3 rings (SSSR count). The second-order valence-electron chi connectivity index (χ2n) is 6.44. The summed E-state index contributed by atoms with van der Waals surface area (Å²) in [5, 5.41) is 6.60. The highest BCUT2D eigenvalue weighted by atomic mass is 127. The molecule has 1 fully saturated rings. The molecule has 1 atom stereocenters. The minimum absolute atomic E-state index is 0. The van der Waals surface area contributed by atoms with E-state index in [1.165, 1.54) is 0 Å². The lowest BCUT2D eigenvalue weighted by Gasteiger charge is -2.19. The molecule has 1 aromatic heterocycles. The molecule has 2 aromatic rings. The molecular formula is C20H26IN5O2. The number of halogens is 1. The van der Waals surface area contributed by atoms with Gasteiger partial charge in [-0.25, -0.2) is 0 Å². The van der Waals surface area contributed by atoms with Gasteiger partial charge in [0.2, 0.25) is 5.91 Å². The first-order chi connectivity index (χ1) is 13.1. The molecule has 0 radical (unpaired) electrons. The van der Waals surface area contributed by atoms with Gasteiger partial charge in [0.15, 0.2) is 5.96 Å². The molecule has 1 aliphatic rings. The molecule has 0 saturated carbocycles. The number of carbonyl (C=O) groups excluding carboxylic acids is 1. The van der Waals surface area contributed by atoms with E-state index in [4.69, 9.17) is 4.74 Å². The summed E-state index contributed by atoms with van der Waals surface area (Å²) in [7, 11) is 3.34. The number of guanidine groups is 1. The normalized spacial score (nSPS) is 16.5. The zero-order valence-corrected chi connectivity index (χ0v) is 18.6. The van der Waals surface area contributed by atoms with Crippen molar-refractivity contribution in [2.24, 2.45) is 4.99 Å². The molecule has 28 heavy (non-hydrogen) atoms. The number of aliphatic imine (C=N–C) groups is 1. The van der Waals surface area contributed by atoms with Crippen molar-refractivity contribution >= 4 is 41.5 Å². The van der Waals surface area contributed by atoms with Gasteiger partial charge in [-0.15, -0.1) is 24.0 Å². The summed E-state index contributed by atoms with van der Waals surface area (Å²) in [6.07, 6.45) is 2.20. The van der Waals surface area contributed by atoms with Crippen LogP contribution in [-0.2, 0) is 11.3 Å². The van der Waals surface area contributed by atoms with E-state index in [-0.39, 0.29) is 35.9 Å². The lowest BCUT2D eigenvalue weighted by molar-refractivity contribution is -0.117. The Hall–Kier alpha value is -2.36. The van der Waals surface area contributed by atoms with Crippen molar-refractivity contribution in [1.82, 2.24) is 15.6 Å². The highest BCUT2D eigenvalue weighted by molar-refractivity contribution is 14.0. The number of hydrogen-bond donors (Lipinski definition) is 2. The number of benzene rings is 1. The first-order valence-corrected chi connectivity index (χ1v) is 8.93. The quantitative estimate of drug-likeness (QED) is 0.379. The van der Waals surface area contributed by atoms with Crippen molar-refractivity contribution in [3.8, 4) is 5.75 Å². The molecule has 1 aromatic carbocycles. The first kappa shape index (κ1) is 21.9. The largest absolute Gasteiger partial charge is 0.497 e. The predicted molar refractivity (Wildman–Crippen MR) is 121 cm³/mol. The molecule has 7 nitrogen and oxygen atoms in total. The van der Waals surface area contributed by atoms with Crippen LogP contribution in [0.4, 0.5) is 5.69 Å². The molecule has 1 saturated heterocycles. The fourth-order valence-corrected chi connectivity index (χ4v) is 3.09. The zero-order chi connectivity index (χ0) is 19.2. The van der Waals surface area contributed by atoms with Crippen molar-refractivity contribution in [3.05, 3.63) is 53.9 Å². The number of amides is 1. The summed E-state index contributed by atoms with van der Waals surface area (Å²) in [5.41, 5.74) is 2.94. The SMILES string of the molecule is CN=C(NCc1ncccc1C)NC1CC(=O)N(c2cccc(OC)c2)C1.I. The van der Waals surface area contributed by atoms with Gasteiger partial charge in [-0.3, -0.25) is 14.8 Å². The van der Waals surface area contributed by atoms with Gasteiger partial charge in [0.1, 0.15) is 5.75 Å². The lowest BCUT2D eigenvalue weighted by atomic mass is 10.2. The summed E-state index contributed by atoms with van der Waals surface area (Å²) in [6, 6.07) is 11.5. The van der Waals surface area contributed by atoms with Gasteiger partial charge in [-0.1, -0.05) is 12.1 Å². The van der Waals surface area contributed by atoms with Crippen molar-refractivity contribution in [3.63, 3.8) is 0 Å². The number of pyridine rings is 1. The van der Waals surface area contributed by atoms with Crippen molar-refractivity contribution in [1.29, 1.82) is 0 Å². The van der Waals surface area contributed by atoms with Crippen LogP contribution in [-0.4, -0.2) is 43.6 Å². The second kappa shape index (κ2) is 10.3. The van der Waals surface area contributed by atoms with E-state index in [1.807, 2.05) is 43.3 Å². The van der Waals surface area contributed by atoms with Gasteiger partial charge in [0, 0.05) is 38.0 Å². The molecule has 0 aliphatic carbocycles. The maximum absolute atomic E-state index is 12.5. The molecule has 8 heteroatoms. The van der Waals surface area contributed by atoms with Crippen LogP contribution in [0.15, 0.2) is 47.6 Å². The average Bonchev–Trinajstić information content (AvgIpc) is 3.06. The van der Waals surface area contributed by atoms with Gasteiger partial charge in [0.05, 0.1) is 25.4 Å². The van der Waals surface area contributed by atoms with Crippen molar-refractivity contribution in [2.45, 2.75) is 25.9 Å². The van der Waals surface area contributed by atoms with Crippen LogP contribution >= 0.6 is 24.0 Å². The number of carbonyl (C=O) groups is 1. The van der Waals surface area contributed by atoms with Crippen LogP contribution in [0.3, 0.4) is 0 Å². The number of aromatic nitrogens is 1. The van der Waals surface area contributed by atoms with E-state index in [2.05, 4.69) is 20.6 Å². The van der Waals surface area contributed by atoms with E-state index >= 15 is 0 Å². The van der Waals surface area contributed by atoms with E-state index in [0.29, 0.717) is 25.5 Å². The van der Waals surface area contributed by atoms with Gasteiger partial charge in [-0.05, 0) is 30.7 Å². The minimum Gasteiger partial charge on any atom is -0.497 e. The number of hydrogen-bond acceptors (Lipinski definition) is 4. The number of ether oxygens (including phenoxy) is 1. The maximum atomic E-state index is 12.5. The third-order valence-corrected chi connectivity index (χ3v) is 4.60. The number of aryl methyl sites for hydroxylation is 1. The molecule has 2 N–H and O–H groups in total. The predicted octanol–water partition coefficient (Wildman–Crippen LogP) is 2.49. The summed E-state index contributed by atoms with van der Waals surface area (Å²) in [5.74, 6) is 1.47. The fraction of sp³-hybridized carbons (Fsp3) is 0.350. The van der Waals surface area contributed by atoms with Crippen LogP contribution in [0.5, 0.6) is 5.75 Å². The number of anilines is 1. The highest BCUT2D eigenvalue weighted by Crippen LogP contribution is 2.25. The van der Waals surface area contributed by atoms with Crippen molar-refractivity contribution in [2.75, 3.05) is 25.6 Å². The maximum Gasteiger partial charge on any atom is 0.229 e. The molecule has 2 heterocycles. The van der Waals surface area contributed by atoms with Gasteiger partial charge in [0.25, 0.3) is 0 Å². The standard InChI is InChI=1S/C20H25N5O2.HI/c1-14-6-5-9-22-18(14)12-23-20(21-2)24-15-10-19(26)25(13-15)16-7-4-8-17(11-16)27-3;/h4-9,11,15H,10,12-13H2,1-3H3,(H2,21,23,24);1H. The van der Waals surface area contributed by atoms with Crippen LogP contribution in [0.2, 0.25) is 0 Å². The summed E-state index contributed by atoms with van der Waals surface area (Å²) in [4.78, 5) is 22.9. The molecule has 0 bridgehead atoms. The Morgan fingerprint density at radius 1 is 1.36 bits per heavy atom. The van der Waals surface area contributed by atoms with Gasteiger partial charge >= 0.3 is 0 Å². The number of nitrogens with zero attached hydrogens (tertiary/aromatic N) is 3. The molecule has 1 amide bonds. The third kappa shape index (κ3) is 5.34. The Morgan fingerprint density at radius 2 is 2.18 bits per heavy atom. The minimum atomic E-state index is -0.0141. The van der Waals surface area contributed by atoms with E-state index < -0.39 is 0 Å². The smallest absolute Gasteiger partial charge is 0.229 e. The first-order valence-electron chi connectivity index (χ1n) is 8.93. The van der Waals surface area contributed by atoms with E-state index in [9.17, 15) is 4.79 Å². The van der Waals surface area contributed by atoms with Crippen LogP contribution in [0.25, 0.3) is 0 Å². The van der Waals surface area contributed by atoms with Crippen LogP contribution in [0, 0.1) is 6.92 Å². The summed E-state index contributed by atoms with van der Waals surface area (Å²) in [6.45, 7) is 3.18. The molecule has 1 aliphatic heterocycles. The molecule has 1 unspecified atom stereocenters. The number of rotatable bonds is 5.